The van der Waals surface area contributed by atoms with Crippen molar-refractivity contribution >= 4 is 37.6 Å². The molecule has 4 heteroatoms. The first kappa shape index (κ1) is 13.3. The lowest BCUT2D eigenvalue weighted by molar-refractivity contribution is 0.101. The lowest BCUT2D eigenvalue weighted by atomic mass is 10.1. The van der Waals surface area contributed by atoms with E-state index in [-0.39, 0.29) is 5.78 Å². The molecule has 0 atom stereocenters. The summed E-state index contributed by atoms with van der Waals surface area (Å²) in [6.07, 6.45) is 0. The second kappa shape index (κ2) is 5.67. The van der Waals surface area contributed by atoms with Gasteiger partial charge in [-0.2, -0.15) is 0 Å². The van der Waals surface area contributed by atoms with Crippen LogP contribution >= 0.6 is 31.9 Å². The molecule has 0 bridgehead atoms. The van der Waals surface area contributed by atoms with Crippen LogP contribution in [0.2, 0.25) is 0 Å². The Morgan fingerprint density at radius 3 is 2.39 bits per heavy atom. The monoisotopic (exact) mass is 368 g/mol. The topological polar surface area (TPSA) is 26.3 Å². The van der Waals surface area contributed by atoms with E-state index in [1.807, 2.05) is 24.3 Å². The highest BCUT2D eigenvalue weighted by molar-refractivity contribution is 9.10. The molecule has 0 aromatic heterocycles. The van der Waals surface area contributed by atoms with Crippen LogP contribution in [0.3, 0.4) is 0 Å². The Morgan fingerprint density at radius 2 is 1.78 bits per heavy atom. The molecular formula is C14H10Br2O2. The third-order valence-electron chi connectivity index (χ3n) is 2.35. The fourth-order valence-electron chi connectivity index (χ4n) is 1.51. The normalized spacial score (nSPS) is 10.2. The minimum atomic E-state index is 0.0240. The molecule has 0 aliphatic carbocycles. The Kier molecular flexibility index (Phi) is 4.19. The van der Waals surface area contributed by atoms with E-state index in [0.717, 1.165) is 14.7 Å². The number of rotatable bonds is 3. The molecule has 0 aliphatic rings. The molecule has 0 N–H and O–H groups in total. The summed E-state index contributed by atoms with van der Waals surface area (Å²) in [5, 5.41) is 0. The zero-order valence-electron chi connectivity index (χ0n) is 9.61. The molecule has 0 saturated carbocycles. The lowest BCUT2D eigenvalue weighted by Crippen LogP contribution is -1.94. The third-order valence-corrected chi connectivity index (χ3v) is 3.50. The molecule has 2 aromatic rings. The van der Waals surface area contributed by atoms with Crippen LogP contribution in [0.5, 0.6) is 11.5 Å². The molecule has 0 radical (unpaired) electrons. The van der Waals surface area contributed by atoms with E-state index < -0.39 is 0 Å². The fourth-order valence-corrected chi connectivity index (χ4v) is 2.53. The smallest absolute Gasteiger partial charge is 0.160 e. The van der Waals surface area contributed by atoms with Gasteiger partial charge >= 0.3 is 0 Å². The van der Waals surface area contributed by atoms with Crippen molar-refractivity contribution in [2.24, 2.45) is 0 Å². The number of ether oxygens (including phenoxy) is 1. The van der Waals surface area contributed by atoms with E-state index in [9.17, 15) is 4.79 Å². The first-order valence-corrected chi connectivity index (χ1v) is 6.89. The molecule has 0 saturated heterocycles. The molecule has 0 amide bonds. The Balaban J connectivity index is 2.25. The zero-order valence-corrected chi connectivity index (χ0v) is 12.8. The number of Topliss-reactive ketones (excluding diaryl/α,β-unsaturated/α-hetero) is 1. The van der Waals surface area contributed by atoms with Crippen molar-refractivity contribution in [3.8, 4) is 11.5 Å². The van der Waals surface area contributed by atoms with Gasteiger partial charge in [0.15, 0.2) is 5.78 Å². The number of halogens is 2. The van der Waals surface area contributed by atoms with Gasteiger partial charge in [-0.15, -0.1) is 0 Å². The van der Waals surface area contributed by atoms with Crippen LogP contribution in [-0.4, -0.2) is 5.78 Å². The summed E-state index contributed by atoms with van der Waals surface area (Å²) in [5.41, 5.74) is 0.650. The van der Waals surface area contributed by atoms with Crippen molar-refractivity contribution in [1.29, 1.82) is 0 Å². The van der Waals surface area contributed by atoms with Gasteiger partial charge in [0, 0.05) is 14.5 Å². The van der Waals surface area contributed by atoms with Gasteiger partial charge in [0.2, 0.25) is 0 Å². The summed E-state index contributed by atoms with van der Waals surface area (Å²) < 4.78 is 7.40. The summed E-state index contributed by atoms with van der Waals surface area (Å²) in [7, 11) is 0. The predicted molar refractivity (Wildman–Crippen MR) is 78.4 cm³/mol. The average molecular weight is 370 g/mol. The summed E-state index contributed by atoms with van der Waals surface area (Å²) >= 11 is 6.75. The maximum absolute atomic E-state index is 11.3. The molecule has 0 unspecified atom stereocenters. The zero-order chi connectivity index (χ0) is 13.1. The van der Waals surface area contributed by atoms with Gasteiger partial charge < -0.3 is 4.74 Å². The summed E-state index contributed by atoms with van der Waals surface area (Å²) in [5.74, 6) is 1.45. The quantitative estimate of drug-likeness (QED) is 0.694. The van der Waals surface area contributed by atoms with Gasteiger partial charge in [0.25, 0.3) is 0 Å². The maximum Gasteiger partial charge on any atom is 0.160 e. The molecule has 0 heterocycles. The third kappa shape index (κ3) is 3.21. The lowest BCUT2D eigenvalue weighted by Gasteiger charge is -2.08. The number of carbonyl (C=O) groups is 1. The number of carbonyl (C=O) groups excluding carboxylic acids is 1. The van der Waals surface area contributed by atoms with Crippen molar-refractivity contribution in [3.63, 3.8) is 0 Å². The van der Waals surface area contributed by atoms with Crippen LogP contribution < -0.4 is 4.74 Å². The highest BCUT2D eigenvalue weighted by Crippen LogP contribution is 2.28. The highest BCUT2D eigenvalue weighted by Gasteiger charge is 2.07. The molecule has 2 nitrogen and oxygen atoms in total. The molecular weight excluding hydrogens is 360 g/mol. The predicted octanol–water partition coefficient (Wildman–Crippen LogP) is 5.21. The van der Waals surface area contributed by atoms with Crippen LogP contribution in [0, 0.1) is 0 Å². The van der Waals surface area contributed by atoms with Crippen LogP contribution in [0.4, 0.5) is 0 Å². The van der Waals surface area contributed by atoms with E-state index in [0.29, 0.717) is 11.3 Å². The number of ketones is 1. The Bertz CT molecular complexity index is 594. The van der Waals surface area contributed by atoms with E-state index in [2.05, 4.69) is 31.9 Å². The van der Waals surface area contributed by atoms with E-state index >= 15 is 0 Å². The molecule has 2 aromatic carbocycles. The van der Waals surface area contributed by atoms with Crippen molar-refractivity contribution in [3.05, 3.63) is 57.0 Å². The SMILES string of the molecule is CC(=O)c1ccc(Oc2cccc(Br)c2)cc1Br. The van der Waals surface area contributed by atoms with Gasteiger partial charge in [-0.3, -0.25) is 4.79 Å². The maximum atomic E-state index is 11.3. The molecule has 92 valence electrons. The van der Waals surface area contributed by atoms with Crippen LogP contribution in [0.15, 0.2) is 51.4 Å². The van der Waals surface area contributed by atoms with Gasteiger partial charge in [0.1, 0.15) is 11.5 Å². The fraction of sp³-hybridized carbons (Fsp3) is 0.0714. The number of benzene rings is 2. The molecule has 18 heavy (non-hydrogen) atoms. The largest absolute Gasteiger partial charge is 0.457 e. The molecule has 0 fully saturated rings. The summed E-state index contributed by atoms with van der Waals surface area (Å²) in [6, 6.07) is 12.9. The Morgan fingerprint density at radius 1 is 1.06 bits per heavy atom. The van der Waals surface area contributed by atoms with Crippen molar-refractivity contribution in [2.45, 2.75) is 6.92 Å². The van der Waals surface area contributed by atoms with Crippen molar-refractivity contribution in [2.75, 3.05) is 0 Å². The van der Waals surface area contributed by atoms with E-state index in [1.54, 1.807) is 18.2 Å². The van der Waals surface area contributed by atoms with E-state index in [4.69, 9.17) is 4.74 Å². The van der Waals surface area contributed by atoms with Crippen LogP contribution in [0.25, 0.3) is 0 Å². The summed E-state index contributed by atoms with van der Waals surface area (Å²) in [6.45, 7) is 1.54. The first-order chi connectivity index (χ1) is 8.56. The van der Waals surface area contributed by atoms with Crippen molar-refractivity contribution < 1.29 is 9.53 Å². The minimum absolute atomic E-state index is 0.0240. The van der Waals surface area contributed by atoms with Crippen molar-refractivity contribution in [1.82, 2.24) is 0 Å². The van der Waals surface area contributed by atoms with Gasteiger partial charge in [-0.1, -0.05) is 22.0 Å². The second-order valence-corrected chi connectivity index (χ2v) is 5.53. The first-order valence-electron chi connectivity index (χ1n) is 5.30. The Labute approximate surface area is 122 Å². The highest BCUT2D eigenvalue weighted by atomic mass is 79.9. The Hall–Kier alpha value is -1.13. The van der Waals surface area contributed by atoms with Gasteiger partial charge in [-0.25, -0.2) is 0 Å². The second-order valence-electron chi connectivity index (χ2n) is 3.76. The van der Waals surface area contributed by atoms with Gasteiger partial charge in [0.05, 0.1) is 0 Å². The minimum Gasteiger partial charge on any atom is -0.457 e. The van der Waals surface area contributed by atoms with Crippen LogP contribution in [0.1, 0.15) is 17.3 Å². The number of hydrogen-bond donors (Lipinski definition) is 0. The van der Waals surface area contributed by atoms with E-state index in [1.165, 1.54) is 6.92 Å². The summed E-state index contributed by atoms with van der Waals surface area (Å²) in [4.78, 5) is 11.3. The molecule has 0 aliphatic heterocycles. The standard InChI is InChI=1S/C14H10Br2O2/c1-9(17)13-6-5-12(8-14(13)16)18-11-4-2-3-10(15)7-11/h2-8H,1H3. The molecule has 0 spiro atoms. The van der Waals surface area contributed by atoms with Crippen LogP contribution in [-0.2, 0) is 0 Å². The molecule has 2 rings (SSSR count). The van der Waals surface area contributed by atoms with Gasteiger partial charge in [-0.05, 0) is 59.3 Å². The number of hydrogen-bond acceptors (Lipinski definition) is 2. The average Bonchev–Trinajstić information content (AvgIpc) is 2.28.